The lowest BCUT2D eigenvalue weighted by Gasteiger charge is -2.31. The summed E-state index contributed by atoms with van der Waals surface area (Å²) < 4.78 is 0. The third-order valence-corrected chi connectivity index (χ3v) is 2.96. The molecule has 1 fully saturated rings. The van der Waals surface area contributed by atoms with E-state index in [0.717, 1.165) is 31.6 Å². The number of nitrogens with zero attached hydrogens (tertiary/aromatic N) is 1. The van der Waals surface area contributed by atoms with E-state index in [2.05, 4.69) is 52.2 Å². The number of hydrogen-bond donors (Lipinski definition) is 3. The van der Waals surface area contributed by atoms with Crippen LogP contribution in [-0.2, 0) is 0 Å². The summed E-state index contributed by atoms with van der Waals surface area (Å²) in [5.41, 5.74) is -0.0173. The van der Waals surface area contributed by atoms with E-state index in [1.165, 1.54) is 0 Å². The maximum absolute atomic E-state index is 9.55. The van der Waals surface area contributed by atoms with E-state index in [4.69, 9.17) is 4.99 Å². The van der Waals surface area contributed by atoms with Crippen LogP contribution < -0.4 is 10.6 Å². The van der Waals surface area contributed by atoms with Crippen LogP contribution in [0.4, 0.5) is 0 Å². The van der Waals surface area contributed by atoms with E-state index >= 15 is 0 Å². The second-order valence-corrected chi connectivity index (χ2v) is 7.69. The van der Waals surface area contributed by atoms with Crippen molar-refractivity contribution in [3.05, 3.63) is 0 Å². The van der Waals surface area contributed by atoms with E-state index in [9.17, 15) is 5.11 Å². The highest BCUT2D eigenvalue weighted by molar-refractivity contribution is 5.81. The smallest absolute Gasteiger partial charge is 0.192 e. The van der Waals surface area contributed by atoms with Crippen molar-refractivity contribution in [3.63, 3.8) is 0 Å². The molecule has 19 heavy (non-hydrogen) atoms. The molecule has 0 amide bonds. The maximum Gasteiger partial charge on any atom is 0.192 e. The van der Waals surface area contributed by atoms with Crippen molar-refractivity contribution in [3.8, 4) is 0 Å². The fraction of sp³-hybridized carbons (Fsp3) is 0.933. The highest BCUT2D eigenvalue weighted by Gasteiger charge is 2.22. The molecule has 0 saturated heterocycles. The summed E-state index contributed by atoms with van der Waals surface area (Å²) in [5.74, 6) is 0.876. The second-order valence-electron chi connectivity index (χ2n) is 7.69. The molecule has 3 N–H and O–H groups in total. The molecule has 0 bridgehead atoms. The van der Waals surface area contributed by atoms with Gasteiger partial charge < -0.3 is 15.7 Å². The van der Waals surface area contributed by atoms with Gasteiger partial charge >= 0.3 is 0 Å². The van der Waals surface area contributed by atoms with Gasteiger partial charge in [-0.3, -0.25) is 0 Å². The van der Waals surface area contributed by atoms with Gasteiger partial charge in [0.25, 0.3) is 0 Å². The van der Waals surface area contributed by atoms with Crippen LogP contribution in [0.2, 0.25) is 0 Å². The molecule has 1 aliphatic rings. The van der Waals surface area contributed by atoms with Gasteiger partial charge in [0.15, 0.2) is 5.96 Å². The summed E-state index contributed by atoms with van der Waals surface area (Å²) in [7, 11) is 0. The minimum atomic E-state index is -0.124. The highest BCUT2D eigenvalue weighted by Crippen LogP contribution is 2.21. The Morgan fingerprint density at radius 2 is 1.32 bits per heavy atom. The van der Waals surface area contributed by atoms with Crippen LogP contribution in [0.5, 0.6) is 0 Å². The minimum absolute atomic E-state index is 0.00867. The van der Waals surface area contributed by atoms with Crippen molar-refractivity contribution in [2.45, 2.75) is 90.4 Å². The molecule has 1 rings (SSSR count). The van der Waals surface area contributed by atoms with Crippen molar-refractivity contribution in [2.24, 2.45) is 4.99 Å². The van der Waals surface area contributed by atoms with Gasteiger partial charge in [0.2, 0.25) is 0 Å². The monoisotopic (exact) mass is 269 g/mol. The molecule has 0 heterocycles. The molecule has 4 heteroatoms. The molecule has 0 spiro atoms. The molecule has 0 aliphatic heterocycles. The van der Waals surface area contributed by atoms with Gasteiger partial charge in [-0.2, -0.15) is 0 Å². The van der Waals surface area contributed by atoms with Crippen molar-refractivity contribution in [1.82, 2.24) is 10.6 Å². The first kappa shape index (κ1) is 16.3. The SMILES string of the molecule is CC(C)(C)NC(=NC1CCC(O)CC1)NC(C)(C)C. The third-order valence-electron chi connectivity index (χ3n) is 2.96. The zero-order valence-corrected chi connectivity index (χ0v) is 13.4. The third kappa shape index (κ3) is 7.41. The lowest BCUT2D eigenvalue weighted by Crippen LogP contribution is -2.53. The molecular formula is C15H31N3O. The maximum atomic E-state index is 9.55. The van der Waals surface area contributed by atoms with E-state index in [0.29, 0.717) is 6.04 Å². The average Bonchev–Trinajstić information content (AvgIpc) is 2.16. The van der Waals surface area contributed by atoms with Crippen LogP contribution in [0.1, 0.15) is 67.2 Å². The number of rotatable bonds is 1. The van der Waals surface area contributed by atoms with Gasteiger partial charge in [0.1, 0.15) is 0 Å². The largest absolute Gasteiger partial charge is 0.393 e. The van der Waals surface area contributed by atoms with Gasteiger partial charge in [-0.25, -0.2) is 4.99 Å². The van der Waals surface area contributed by atoms with Crippen LogP contribution in [0.15, 0.2) is 4.99 Å². The van der Waals surface area contributed by atoms with E-state index in [-0.39, 0.29) is 17.2 Å². The van der Waals surface area contributed by atoms with Gasteiger partial charge in [-0.15, -0.1) is 0 Å². The Labute approximate surface area is 118 Å². The Kier molecular flexibility index (Phi) is 5.25. The first-order chi connectivity index (χ1) is 8.55. The average molecular weight is 269 g/mol. The van der Waals surface area contributed by atoms with E-state index in [1.807, 2.05) is 0 Å². The van der Waals surface area contributed by atoms with E-state index in [1.54, 1.807) is 0 Å². The lowest BCUT2D eigenvalue weighted by atomic mass is 9.93. The molecule has 0 radical (unpaired) electrons. The van der Waals surface area contributed by atoms with Gasteiger partial charge in [0.05, 0.1) is 12.1 Å². The molecule has 1 saturated carbocycles. The first-order valence-electron chi connectivity index (χ1n) is 7.37. The predicted octanol–water partition coefficient (Wildman–Crippen LogP) is 2.42. The van der Waals surface area contributed by atoms with Gasteiger partial charge in [-0.1, -0.05) is 0 Å². The lowest BCUT2D eigenvalue weighted by molar-refractivity contribution is 0.123. The molecular weight excluding hydrogens is 238 g/mol. The van der Waals surface area contributed by atoms with E-state index < -0.39 is 0 Å². The standard InChI is InChI=1S/C15H31N3O/c1-14(2,3)17-13(18-15(4,5)6)16-11-7-9-12(19)10-8-11/h11-12,19H,7-10H2,1-6H3,(H2,16,17,18). The Balaban J connectivity index is 2.71. The van der Waals surface area contributed by atoms with Crippen LogP contribution in [-0.4, -0.2) is 34.3 Å². The summed E-state index contributed by atoms with van der Waals surface area (Å²) in [6, 6.07) is 0.322. The molecule has 4 nitrogen and oxygen atoms in total. The molecule has 0 aromatic carbocycles. The number of aliphatic hydroxyl groups excluding tert-OH is 1. The summed E-state index contributed by atoms with van der Waals surface area (Å²) >= 11 is 0. The number of aliphatic imine (C=N–C) groups is 1. The number of hydrogen-bond acceptors (Lipinski definition) is 2. The Morgan fingerprint density at radius 3 is 1.68 bits per heavy atom. The molecule has 0 aromatic rings. The van der Waals surface area contributed by atoms with Crippen molar-refractivity contribution in [1.29, 1.82) is 0 Å². The number of guanidine groups is 1. The summed E-state index contributed by atoms with van der Waals surface area (Å²) in [6.07, 6.45) is 3.56. The fourth-order valence-electron chi connectivity index (χ4n) is 2.18. The first-order valence-corrected chi connectivity index (χ1v) is 7.37. The fourth-order valence-corrected chi connectivity index (χ4v) is 2.18. The number of aliphatic hydroxyl groups is 1. The van der Waals surface area contributed by atoms with Gasteiger partial charge in [-0.05, 0) is 67.2 Å². The molecule has 0 aromatic heterocycles. The molecule has 112 valence electrons. The minimum Gasteiger partial charge on any atom is -0.393 e. The predicted molar refractivity (Wildman–Crippen MR) is 81.5 cm³/mol. The van der Waals surface area contributed by atoms with Crippen LogP contribution in [0.3, 0.4) is 0 Å². The van der Waals surface area contributed by atoms with Crippen molar-refractivity contribution in [2.75, 3.05) is 0 Å². The molecule has 0 unspecified atom stereocenters. The normalized spacial score (nSPS) is 24.8. The zero-order valence-electron chi connectivity index (χ0n) is 13.4. The van der Waals surface area contributed by atoms with Gasteiger partial charge in [0, 0.05) is 11.1 Å². The van der Waals surface area contributed by atoms with Crippen LogP contribution >= 0.6 is 0 Å². The van der Waals surface area contributed by atoms with Crippen molar-refractivity contribution < 1.29 is 5.11 Å². The summed E-state index contributed by atoms with van der Waals surface area (Å²) in [6.45, 7) is 12.8. The summed E-state index contributed by atoms with van der Waals surface area (Å²) in [4.78, 5) is 4.82. The zero-order chi connectivity index (χ0) is 14.7. The molecule has 0 atom stereocenters. The van der Waals surface area contributed by atoms with Crippen molar-refractivity contribution >= 4 is 5.96 Å². The Bertz CT molecular complexity index is 286. The second kappa shape index (κ2) is 6.12. The topological polar surface area (TPSA) is 56.7 Å². The quantitative estimate of drug-likeness (QED) is 0.506. The summed E-state index contributed by atoms with van der Waals surface area (Å²) in [5, 5.41) is 16.4. The Morgan fingerprint density at radius 1 is 0.895 bits per heavy atom. The number of nitrogens with one attached hydrogen (secondary N) is 2. The highest BCUT2D eigenvalue weighted by atomic mass is 16.3. The van der Waals surface area contributed by atoms with Crippen LogP contribution in [0, 0.1) is 0 Å². The van der Waals surface area contributed by atoms with Crippen LogP contribution in [0.25, 0.3) is 0 Å². The molecule has 1 aliphatic carbocycles. The Hall–Kier alpha value is -0.770.